The Morgan fingerprint density at radius 3 is 2.22 bits per heavy atom. The van der Waals surface area contributed by atoms with Gasteiger partial charge in [-0.1, -0.05) is 67.8 Å². The van der Waals surface area contributed by atoms with Gasteiger partial charge in [-0.25, -0.2) is 4.99 Å². The molecule has 0 unspecified atom stereocenters. The van der Waals surface area contributed by atoms with Crippen molar-refractivity contribution in [2.75, 3.05) is 5.32 Å². The summed E-state index contributed by atoms with van der Waals surface area (Å²) in [7, 11) is 0. The fraction of sp³-hybridized carbons (Fsp3) is 0.350. The second-order valence-corrected chi connectivity index (χ2v) is 6.12. The monoisotopic (exact) mass is 307 g/mol. The zero-order valence-corrected chi connectivity index (χ0v) is 13.5. The molecule has 2 N–H and O–H groups in total. The van der Waals surface area contributed by atoms with Crippen LogP contribution in [0.1, 0.15) is 37.7 Å². The van der Waals surface area contributed by atoms with Gasteiger partial charge in [-0.15, -0.1) is 0 Å². The Labute approximate surface area is 138 Å². The lowest BCUT2D eigenvalue weighted by Gasteiger charge is -2.25. The molecule has 0 bridgehead atoms. The molecule has 0 radical (unpaired) electrons. The summed E-state index contributed by atoms with van der Waals surface area (Å²) in [5.74, 6) is 0.881. The van der Waals surface area contributed by atoms with E-state index in [1.807, 2.05) is 24.3 Å². The van der Waals surface area contributed by atoms with E-state index in [4.69, 9.17) is 4.99 Å². The summed E-state index contributed by atoms with van der Waals surface area (Å²) >= 11 is 0. The summed E-state index contributed by atoms with van der Waals surface area (Å²) in [5, 5.41) is 7.05. The molecule has 0 spiro atoms. The number of hydrogen-bond acceptors (Lipinski definition) is 1. The van der Waals surface area contributed by atoms with Crippen molar-refractivity contribution in [1.29, 1.82) is 0 Å². The second-order valence-electron chi connectivity index (χ2n) is 6.12. The number of nitrogens with zero attached hydrogens (tertiary/aromatic N) is 1. The molecule has 0 aromatic heterocycles. The Balaban J connectivity index is 1.69. The number of guanidine groups is 1. The van der Waals surface area contributed by atoms with Crippen molar-refractivity contribution in [3.05, 3.63) is 66.2 Å². The van der Waals surface area contributed by atoms with Crippen molar-refractivity contribution in [2.45, 2.75) is 44.7 Å². The fourth-order valence-corrected chi connectivity index (χ4v) is 2.97. The number of anilines is 1. The van der Waals surface area contributed by atoms with Gasteiger partial charge >= 0.3 is 0 Å². The first kappa shape index (κ1) is 15.6. The molecule has 1 fully saturated rings. The van der Waals surface area contributed by atoms with E-state index in [0.29, 0.717) is 12.6 Å². The Morgan fingerprint density at radius 1 is 0.870 bits per heavy atom. The normalized spacial score (nSPS) is 16.1. The van der Waals surface area contributed by atoms with Gasteiger partial charge < -0.3 is 10.6 Å². The van der Waals surface area contributed by atoms with Gasteiger partial charge in [-0.3, -0.25) is 0 Å². The first-order chi connectivity index (χ1) is 11.4. The first-order valence-corrected chi connectivity index (χ1v) is 8.57. The number of nitrogens with one attached hydrogen (secondary N) is 2. The second kappa shape index (κ2) is 8.37. The van der Waals surface area contributed by atoms with E-state index in [9.17, 15) is 0 Å². The third kappa shape index (κ3) is 5.13. The van der Waals surface area contributed by atoms with Gasteiger partial charge in [0.1, 0.15) is 0 Å². The average molecular weight is 307 g/mol. The molecule has 1 saturated carbocycles. The quantitative estimate of drug-likeness (QED) is 0.641. The van der Waals surface area contributed by atoms with Crippen LogP contribution in [0.3, 0.4) is 0 Å². The van der Waals surface area contributed by atoms with Crippen molar-refractivity contribution >= 4 is 11.6 Å². The minimum atomic E-state index is 0.537. The highest BCUT2D eigenvalue weighted by Gasteiger charge is 2.14. The lowest BCUT2D eigenvalue weighted by atomic mass is 9.96. The Morgan fingerprint density at radius 2 is 1.52 bits per heavy atom. The molecule has 3 heteroatoms. The molecule has 0 atom stereocenters. The molecular formula is C20H25N3. The van der Waals surface area contributed by atoms with Crippen LogP contribution < -0.4 is 10.6 Å². The van der Waals surface area contributed by atoms with Gasteiger partial charge in [0.15, 0.2) is 5.96 Å². The molecular weight excluding hydrogens is 282 g/mol. The van der Waals surface area contributed by atoms with E-state index in [0.717, 1.165) is 11.6 Å². The molecule has 0 amide bonds. The van der Waals surface area contributed by atoms with Crippen molar-refractivity contribution in [3.63, 3.8) is 0 Å². The maximum Gasteiger partial charge on any atom is 0.196 e. The van der Waals surface area contributed by atoms with Crippen molar-refractivity contribution in [3.8, 4) is 0 Å². The lowest BCUT2D eigenvalue weighted by molar-refractivity contribution is 0.413. The van der Waals surface area contributed by atoms with E-state index in [2.05, 4.69) is 47.0 Å². The smallest absolute Gasteiger partial charge is 0.196 e. The van der Waals surface area contributed by atoms with Crippen LogP contribution in [0.4, 0.5) is 5.69 Å². The molecule has 2 aromatic carbocycles. The highest BCUT2D eigenvalue weighted by molar-refractivity contribution is 5.93. The number of hydrogen-bond donors (Lipinski definition) is 2. The van der Waals surface area contributed by atoms with Gasteiger partial charge in [0.05, 0.1) is 6.54 Å². The third-order valence-corrected chi connectivity index (χ3v) is 4.25. The first-order valence-electron chi connectivity index (χ1n) is 8.57. The minimum Gasteiger partial charge on any atom is -0.353 e. The van der Waals surface area contributed by atoms with Crippen molar-refractivity contribution in [2.24, 2.45) is 4.99 Å². The van der Waals surface area contributed by atoms with Crippen molar-refractivity contribution in [1.82, 2.24) is 5.32 Å². The van der Waals surface area contributed by atoms with Gasteiger partial charge in [0, 0.05) is 11.7 Å². The topological polar surface area (TPSA) is 36.4 Å². The van der Waals surface area contributed by atoms with Gasteiger partial charge in [0.2, 0.25) is 0 Å². The van der Waals surface area contributed by atoms with Crippen LogP contribution in [0, 0.1) is 0 Å². The maximum atomic E-state index is 4.78. The van der Waals surface area contributed by atoms with Crippen molar-refractivity contribution < 1.29 is 0 Å². The summed E-state index contributed by atoms with van der Waals surface area (Å²) in [6.07, 6.45) is 6.46. The number of rotatable bonds is 4. The molecule has 1 aliphatic carbocycles. The standard InChI is InChI=1S/C20H25N3/c1-4-10-17(11-5-1)16-21-20(22-18-12-6-2-7-13-18)23-19-14-8-3-9-15-19/h1-2,4-7,10-13,19H,3,8-9,14-16H2,(H2,21,22,23). The molecule has 1 aliphatic rings. The van der Waals surface area contributed by atoms with E-state index in [1.54, 1.807) is 0 Å². The van der Waals surface area contributed by atoms with Crippen LogP contribution >= 0.6 is 0 Å². The van der Waals surface area contributed by atoms with E-state index < -0.39 is 0 Å². The molecule has 0 aliphatic heterocycles. The molecule has 120 valence electrons. The van der Waals surface area contributed by atoms with Gasteiger partial charge in [-0.2, -0.15) is 0 Å². The fourth-order valence-electron chi connectivity index (χ4n) is 2.97. The maximum absolute atomic E-state index is 4.78. The minimum absolute atomic E-state index is 0.537. The lowest BCUT2D eigenvalue weighted by Crippen LogP contribution is -2.40. The summed E-state index contributed by atoms with van der Waals surface area (Å²) < 4.78 is 0. The summed E-state index contributed by atoms with van der Waals surface area (Å²) in [4.78, 5) is 4.78. The highest BCUT2D eigenvalue weighted by atomic mass is 15.2. The molecule has 23 heavy (non-hydrogen) atoms. The molecule has 3 rings (SSSR count). The average Bonchev–Trinajstić information content (AvgIpc) is 2.62. The van der Waals surface area contributed by atoms with Crippen LogP contribution in [0.15, 0.2) is 65.7 Å². The summed E-state index contributed by atoms with van der Waals surface area (Å²) in [6.45, 7) is 0.690. The van der Waals surface area contributed by atoms with Crippen LogP contribution in [0.25, 0.3) is 0 Å². The summed E-state index contributed by atoms with van der Waals surface area (Å²) in [5.41, 5.74) is 2.30. The van der Waals surface area contributed by atoms with Crippen LogP contribution in [-0.4, -0.2) is 12.0 Å². The largest absolute Gasteiger partial charge is 0.353 e. The molecule has 0 saturated heterocycles. The number of para-hydroxylation sites is 1. The Bertz CT molecular complexity index is 601. The van der Waals surface area contributed by atoms with Gasteiger partial charge in [-0.05, 0) is 30.5 Å². The number of benzene rings is 2. The Kier molecular flexibility index (Phi) is 5.68. The van der Waals surface area contributed by atoms with Crippen LogP contribution in [0.2, 0.25) is 0 Å². The summed E-state index contributed by atoms with van der Waals surface area (Å²) in [6, 6.07) is 21.2. The SMILES string of the molecule is c1ccc(CN=C(Nc2ccccc2)NC2CCCCC2)cc1. The zero-order valence-electron chi connectivity index (χ0n) is 13.5. The Hall–Kier alpha value is -2.29. The molecule has 2 aromatic rings. The van der Waals surface area contributed by atoms with E-state index in [-0.39, 0.29) is 0 Å². The highest BCUT2D eigenvalue weighted by Crippen LogP contribution is 2.17. The molecule has 3 nitrogen and oxygen atoms in total. The zero-order chi connectivity index (χ0) is 15.7. The predicted molar refractivity (Wildman–Crippen MR) is 97.7 cm³/mol. The predicted octanol–water partition coefficient (Wildman–Crippen LogP) is 4.58. The van der Waals surface area contributed by atoms with E-state index in [1.165, 1.54) is 37.7 Å². The van der Waals surface area contributed by atoms with Gasteiger partial charge in [0.25, 0.3) is 0 Å². The van der Waals surface area contributed by atoms with Crippen LogP contribution in [0.5, 0.6) is 0 Å². The molecule has 0 heterocycles. The van der Waals surface area contributed by atoms with E-state index >= 15 is 0 Å². The van der Waals surface area contributed by atoms with Crippen LogP contribution in [-0.2, 0) is 6.54 Å². The number of aliphatic imine (C=N–C) groups is 1. The third-order valence-electron chi connectivity index (χ3n) is 4.25.